The number of nitrogens with zero attached hydrogens (tertiary/aromatic N) is 1. The standard InChI is InChI=1S/C16H19N3O3S/c1-11-4-3-5-15(12(11)2)19-16(20)13(8-17)9-18-14-6-7-23(21,22)10-14/h3-5,9,14,18H,6-7,10H2,1-2H3,(H,19,20)/b13-9-. The number of nitriles is 1. The van der Waals surface area contributed by atoms with Gasteiger partial charge < -0.3 is 10.6 Å². The summed E-state index contributed by atoms with van der Waals surface area (Å²) in [6.45, 7) is 3.83. The van der Waals surface area contributed by atoms with E-state index >= 15 is 0 Å². The van der Waals surface area contributed by atoms with Crippen molar-refractivity contribution in [3.8, 4) is 6.07 Å². The van der Waals surface area contributed by atoms with Crippen LogP contribution in [0.2, 0.25) is 0 Å². The molecule has 0 radical (unpaired) electrons. The first kappa shape index (κ1) is 17.0. The number of aryl methyl sites for hydroxylation is 1. The lowest BCUT2D eigenvalue weighted by Crippen LogP contribution is -2.27. The molecule has 1 aliphatic rings. The van der Waals surface area contributed by atoms with E-state index in [1.807, 2.05) is 32.0 Å². The summed E-state index contributed by atoms with van der Waals surface area (Å²) < 4.78 is 22.8. The summed E-state index contributed by atoms with van der Waals surface area (Å²) in [6, 6.07) is 7.12. The van der Waals surface area contributed by atoms with Gasteiger partial charge in [0.05, 0.1) is 11.5 Å². The van der Waals surface area contributed by atoms with Crippen molar-refractivity contribution in [1.29, 1.82) is 5.26 Å². The molecule has 1 fully saturated rings. The predicted octanol–water partition coefficient (Wildman–Crippen LogP) is 1.43. The van der Waals surface area contributed by atoms with Gasteiger partial charge in [0.2, 0.25) is 0 Å². The second-order valence-corrected chi connectivity index (χ2v) is 7.87. The number of nitrogens with one attached hydrogen (secondary N) is 2. The molecule has 122 valence electrons. The predicted molar refractivity (Wildman–Crippen MR) is 88.4 cm³/mol. The number of anilines is 1. The van der Waals surface area contributed by atoms with E-state index < -0.39 is 15.7 Å². The molecule has 7 heteroatoms. The smallest absolute Gasteiger partial charge is 0.267 e. The van der Waals surface area contributed by atoms with Gasteiger partial charge in [-0.2, -0.15) is 5.26 Å². The van der Waals surface area contributed by atoms with Crippen molar-refractivity contribution in [2.24, 2.45) is 0 Å². The highest BCUT2D eigenvalue weighted by atomic mass is 32.2. The minimum atomic E-state index is -3.00. The molecule has 1 unspecified atom stereocenters. The Morgan fingerprint density at radius 2 is 2.13 bits per heavy atom. The molecule has 0 saturated carbocycles. The first-order chi connectivity index (χ1) is 10.8. The topological polar surface area (TPSA) is 99.1 Å². The molecule has 0 spiro atoms. The van der Waals surface area contributed by atoms with E-state index in [2.05, 4.69) is 10.6 Å². The maximum atomic E-state index is 12.2. The molecule has 1 saturated heterocycles. The summed E-state index contributed by atoms with van der Waals surface area (Å²) in [4.78, 5) is 12.2. The van der Waals surface area contributed by atoms with Crippen LogP contribution < -0.4 is 10.6 Å². The van der Waals surface area contributed by atoms with Crippen LogP contribution in [0.25, 0.3) is 0 Å². The Kier molecular flexibility index (Phi) is 5.06. The Hall–Kier alpha value is -2.33. The number of hydrogen-bond donors (Lipinski definition) is 2. The third-order valence-corrected chi connectivity index (χ3v) is 5.68. The molecule has 2 N–H and O–H groups in total. The molecular formula is C16H19N3O3S. The molecule has 1 aromatic rings. The molecule has 1 atom stereocenters. The molecule has 0 aromatic heterocycles. The Morgan fingerprint density at radius 1 is 1.39 bits per heavy atom. The third-order valence-electron chi connectivity index (χ3n) is 3.91. The van der Waals surface area contributed by atoms with Crippen molar-refractivity contribution in [2.75, 3.05) is 16.8 Å². The lowest BCUT2D eigenvalue weighted by molar-refractivity contribution is -0.112. The van der Waals surface area contributed by atoms with Crippen LogP contribution in [0.4, 0.5) is 5.69 Å². The highest BCUT2D eigenvalue weighted by molar-refractivity contribution is 7.91. The Labute approximate surface area is 136 Å². The van der Waals surface area contributed by atoms with Crippen LogP contribution in [0.1, 0.15) is 17.5 Å². The minimum Gasteiger partial charge on any atom is -0.386 e. The van der Waals surface area contributed by atoms with Gasteiger partial charge in [-0.25, -0.2) is 8.42 Å². The van der Waals surface area contributed by atoms with E-state index in [4.69, 9.17) is 5.26 Å². The van der Waals surface area contributed by atoms with Crippen LogP contribution in [-0.4, -0.2) is 31.9 Å². The summed E-state index contributed by atoms with van der Waals surface area (Å²) in [7, 11) is -3.00. The molecule has 23 heavy (non-hydrogen) atoms. The summed E-state index contributed by atoms with van der Waals surface area (Å²) in [5.74, 6) is -0.356. The van der Waals surface area contributed by atoms with Crippen LogP contribution >= 0.6 is 0 Å². The van der Waals surface area contributed by atoms with E-state index in [0.29, 0.717) is 12.1 Å². The van der Waals surface area contributed by atoms with Crippen molar-refractivity contribution in [2.45, 2.75) is 26.3 Å². The van der Waals surface area contributed by atoms with Crippen molar-refractivity contribution >= 4 is 21.4 Å². The molecule has 0 bridgehead atoms. The molecular weight excluding hydrogens is 314 g/mol. The van der Waals surface area contributed by atoms with E-state index in [0.717, 1.165) is 11.1 Å². The second-order valence-electron chi connectivity index (χ2n) is 5.64. The normalized spacial score (nSPS) is 19.9. The summed E-state index contributed by atoms with van der Waals surface area (Å²) in [5, 5.41) is 14.7. The highest BCUT2D eigenvalue weighted by Crippen LogP contribution is 2.18. The average molecular weight is 333 g/mol. The van der Waals surface area contributed by atoms with Crippen LogP contribution in [0.15, 0.2) is 30.0 Å². The van der Waals surface area contributed by atoms with E-state index in [-0.39, 0.29) is 23.1 Å². The minimum absolute atomic E-state index is 0.0286. The van der Waals surface area contributed by atoms with Crippen molar-refractivity contribution < 1.29 is 13.2 Å². The van der Waals surface area contributed by atoms with E-state index in [1.54, 1.807) is 6.07 Å². The first-order valence-corrected chi connectivity index (χ1v) is 9.09. The van der Waals surface area contributed by atoms with Gasteiger partial charge in [-0.3, -0.25) is 4.79 Å². The van der Waals surface area contributed by atoms with Crippen LogP contribution in [-0.2, 0) is 14.6 Å². The zero-order valence-electron chi connectivity index (χ0n) is 13.1. The zero-order chi connectivity index (χ0) is 17.0. The number of amides is 1. The summed E-state index contributed by atoms with van der Waals surface area (Å²) in [5.41, 5.74) is 2.54. The summed E-state index contributed by atoms with van der Waals surface area (Å²) in [6.07, 6.45) is 1.78. The van der Waals surface area contributed by atoms with Crippen molar-refractivity contribution in [3.05, 3.63) is 41.1 Å². The number of sulfone groups is 1. The van der Waals surface area contributed by atoms with Gasteiger partial charge in [-0.15, -0.1) is 0 Å². The monoisotopic (exact) mass is 333 g/mol. The fraction of sp³-hybridized carbons (Fsp3) is 0.375. The number of hydrogen-bond acceptors (Lipinski definition) is 5. The van der Waals surface area contributed by atoms with Crippen molar-refractivity contribution in [1.82, 2.24) is 5.32 Å². The molecule has 1 amide bonds. The van der Waals surface area contributed by atoms with Gasteiger partial charge in [0.15, 0.2) is 9.84 Å². The van der Waals surface area contributed by atoms with E-state index in [1.165, 1.54) is 6.20 Å². The largest absolute Gasteiger partial charge is 0.386 e. The SMILES string of the molecule is Cc1cccc(NC(=O)/C(C#N)=C\NC2CCS(=O)(=O)C2)c1C. The Balaban J connectivity index is 2.05. The maximum absolute atomic E-state index is 12.2. The average Bonchev–Trinajstić information content (AvgIpc) is 2.84. The number of carbonyl (C=O) groups excluding carboxylic acids is 1. The highest BCUT2D eigenvalue weighted by Gasteiger charge is 2.27. The maximum Gasteiger partial charge on any atom is 0.267 e. The van der Waals surface area contributed by atoms with Gasteiger partial charge in [0.25, 0.3) is 5.91 Å². The van der Waals surface area contributed by atoms with Gasteiger partial charge >= 0.3 is 0 Å². The van der Waals surface area contributed by atoms with E-state index in [9.17, 15) is 13.2 Å². The fourth-order valence-corrected chi connectivity index (χ4v) is 4.04. The number of benzene rings is 1. The lowest BCUT2D eigenvalue weighted by atomic mass is 10.1. The molecule has 0 aliphatic carbocycles. The third kappa shape index (κ3) is 4.33. The molecule has 1 heterocycles. The lowest BCUT2D eigenvalue weighted by Gasteiger charge is -2.11. The molecule has 1 aliphatic heterocycles. The van der Waals surface area contributed by atoms with Crippen LogP contribution in [0, 0.1) is 25.2 Å². The second kappa shape index (κ2) is 6.84. The van der Waals surface area contributed by atoms with Gasteiger partial charge in [0, 0.05) is 17.9 Å². The molecule has 2 rings (SSSR count). The first-order valence-electron chi connectivity index (χ1n) is 7.26. The molecule has 6 nitrogen and oxygen atoms in total. The van der Waals surface area contributed by atoms with Gasteiger partial charge in [-0.05, 0) is 37.5 Å². The van der Waals surface area contributed by atoms with Gasteiger partial charge in [-0.1, -0.05) is 12.1 Å². The Morgan fingerprint density at radius 3 is 2.74 bits per heavy atom. The van der Waals surface area contributed by atoms with Crippen molar-refractivity contribution in [3.63, 3.8) is 0 Å². The molecule has 1 aromatic carbocycles. The number of rotatable bonds is 4. The summed E-state index contributed by atoms with van der Waals surface area (Å²) >= 11 is 0. The van der Waals surface area contributed by atoms with Crippen LogP contribution in [0.5, 0.6) is 0 Å². The quantitative estimate of drug-likeness (QED) is 0.641. The fourth-order valence-electron chi connectivity index (χ4n) is 2.35. The van der Waals surface area contributed by atoms with Crippen LogP contribution in [0.3, 0.4) is 0 Å². The zero-order valence-corrected chi connectivity index (χ0v) is 13.9. The number of carbonyl (C=O) groups is 1. The van der Waals surface area contributed by atoms with Gasteiger partial charge in [0.1, 0.15) is 11.6 Å². The Bertz CT molecular complexity index is 791.